The largest absolute Gasteiger partial charge is 0.497 e. The quantitative estimate of drug-likeness (QED) is 0.539. The van der Waals surface area contributed by atoms with Gasteiger partial charge in [0.05, 0.1) is 23.4 Å². The molecule has 6 heteroatoms. The van der Waals surface area contributed by atoms with Crippen LogP contribution in [0.5, 0.6) is 5.75 Å². The van der Waals surface area contributed by atoms with E-state index in [1.165, 1.54) is 0 Å². The molecular formula is C23H24N2O3S. The van der Waals surface area contributed by atoms with Crippen LogP contribution in [0, 0.1) is 0 Å². The van der Waals surface area contributed by atoms with Crippen LogP contribution in [-0.2, 0) is 16.1 Å². The van der Waals surface area contributed by atoms with E-state index in [4.69, 9.17) is 9.47 Å². The smallest absolute Gasteiger partial charge is 0.247 e. The van der Waals surface area contributed by atoms with Gasteiger partial charge in [-0.3, -0.25) is 4.79 Å². The third-order valence-corrected chi connectivity index (χ3v) is 5.95. The standard InChI is InChI=1S/C23H24N2O3S/c1-27-18-7-4-6-17(14-18)15-25(16-19-8-5-13-28-19)23(26)12-11-22-24-20-9-2-3-10-21(20)29-22/h2-4,6-7,9-12,14,19H,5,8,13,15-16H2,1H3/b12-11+. The van der Waals surface area contributed by atoms with Crippen molar-refractivity contribution in [3.05, 3.63) is 65.2 Å². The first kappa shape index (κ1) is 19.6. The maximum atomic E-state index is 13.0. The van der Waals surface area contributed by atoms with Crippen molar-refractivity contribution in [2.45, 2.75) is 25.5 Å². The summed E-state index contributed by atoms with van der Waals surface area (Å²) < 4.78 is 12.2. The van der Waals surface area contributed by atoms with Crippen molar-refractivity contribution in [3.63, 3.8) is 0 Å². The maximum absolute atomic E-state index is 13.0. The fourth-order valence-electron chi connectivity index (χ4n) is 3.47. The van der Waals surface area contributed by atoms with Crippen LogP contribution in [0.4, 0.5) is 0 Å². The highest BCUT2D eigenvalue weighted by molar-refractivity contribution is 7.19. The van der Waals surface area contributed by atoms with Crippen LogP contribution in [-0.4, -0.2) is 42.2 Å². The lowest BCUT2D eigenvalue weighted by atomic mass is 10.1. The van der Waals surface area contributed by atoms with Crippen molar-refractivity contribution in [1.29, 1.82) is 0 Å². The fourth-order valence-corrected chi connectivity index (χ4v) is 4.34. The molecule has 5 nitrogen and oxygen atoms in total. The van der Waals surface area contributed by atoms with Crippen LogP contribution in [0.15, 0.2) is 54.6 Å². The molecular weight excluding hydrogens is 384 g/mol. The topological polar surface area (TPSA) is 51.7 Å². The molecule has 29 heavy (non-hydrogen) atoms. The SMILES string of the molecule is COc1cccc(CN(CC2CCCO2)C(=O)/C=C/c2nc3ccccc3s2)c1. The average Bonchev–Trinajstić information content (AvgIpc) is 3.41. The molecule has 1 aliphatic rings. The van der Waals surface area contributed by atoms with Crippen molar-refractivity contribution in [2.24, 2.45) is 0 Å². The van der Waals surface area contributed by atoms with E-state index in [0.29, 0.717) is 13.1 Å². The number of para-hydroxylation sites is 1. The van der Waals surface area contributed by atoms with Crippen LogP contribution in [0.25, 0.3) is 16.3 Å². The molecule has 1 atom stereocenters. The normalized spacial score (nSPS) is 16.5. The van der Waals surface area contributed by atoms with Gasteiger partial charge >= 0.3 is 0 Å². The van der Waals surface area contributed by atoms with Gasteiger partial charge in [0.1, 0.15) is 10.8 Å². The van der Waals surface area contributed by atoms with Gasteiger partial charge in [-0.1, -0.05) is 24.3 Å². The lowest BCUT2D eigenvalue weighted by Gasteiger charge is -2.24. The summed E-state index contributed by atoms with van der Waals surface area (Å²) in [5.41, 5.74) is 1.99. The van der Waals surface area contributed by atoms with E-state index in [1.54, 1.807) is 30.6 Å². The predicted molar refractivity (Wildman–Crippen MR) is 116 cm³/mol. The zero-order valence-corrected chi connectivity index (χ0v) is 17.2. The van der Waals surface area contributed by atoms with Gasteiger partial charge in [0.25, 0.3) is 0 Å². The summed E-state index contributed by atoms with van der Waals surface area (Å²) in [4.78, 5) is 19.4. The van der Waals surface area contributed by atoms with E-state index < -0.39 is 0 Å². The van der Waals surface area contributed by atoms with E-state index in [0.717, 1.165) is 46.0 Å². The molecule has 1 saturated heterocycles. The third kappa shape index (κ3) is 5.02. The number of rotatable bonds is 7. The van der Waals surface area contributed by atoms with Gasteiger partial charge in [0.15, 0.2) is 0 Å². The molecule has 0 radical (unpaired) electrons. The molecule has 3 aromatic rings. The Labute approximate surface area is 174 Å². The predicted octanol–water partition coefficient (Wildman–Crippen LogP) is 4.53. The monoisotopic (exact) mass is 408 g/mol. The lowest BCUT2D eigenvalue weighted by molar-refractivity contribution is -0.128. The molecule has 0 aliphatic carbocycles. The van der Waals surface area contributed by atoms with E-state index in [1.807, 2.05) is 53.4 Å². The number of thiazole rings is 1. The first-order valence-electron chi connectivity index (χ1n) is 9.78. The summed E-state index contributed by atoms with van der Waals surface area (Å²) in [6.07, 6.45) is 5.56. The number of nitrogens with zero attached hydrogens (tertiary/aromatic N) is 2. The molecule has 1 fully saturated rings. The second-order valence-corrected chi connectivity index (χ2v) is 8.12. The number of carbonyl (C=O) groups is 1. The molecule has 150 valence electrons. The van der Waals surface area contributed by atoms with Crippen molar-refractivity contribution in [1.82, 2.24) is 9.88 Å². The molecule has 0 spiro atoms. The molecule has 1 amide bonds. The summed E-state index contributed by atoms with van der Waals surface area (Å²) in [6, 6.07) is 15.8. The molecule has 0 saturated carbocycles. The Bertz CT molecular complexity index is 975. The Balaban J connectivity index is 1.51. The van der Waals surface area contributed by atoms with Crippen LogP contribution >= 0.6 is 11.3 Å². The van der Waals surface area contributed by atoms with Crippen molar-refractivity contribution >= 4 is 33.5 Å². The van der Waals surface area contributed by atoms with Crippen molar-refractivity contribution in [2.75, 3.05) is 20.3 Å². The molecule has 2 aromatic carbocycles. The minimum atomic E-state index is -0.0393. The zero-order valence-electron chi connectivity index (χ0n) is 16.4. The molecule has 1 aliphatic heterocycles. The highest BCUT2D eigenvalue weighted by Gasteiger charge is 2.22. The van der Waals surface area contributed by atoms with Gasteiger partial charge in [0.2, 0.25) is 5.91 Å². The number of aromatic nitrogens is 1. The van der Waals surface area contributed by atoms with Gasteiger partial charge in [-0.05, 0) is 48.7 Å². The van der Waals surface area contributed by atoms with Crippen LogP contribution in [0.1, 0.15) is 23.4 Å². The molecule has 4 rings (SSSR count). The average molecular weight is 409 g/mol. The number of benzene rings is 2. The molecule has 0 bridgehead atoms. The molecule has 2 heterocycles. The van der Waals surface area contributed by atoms with E-state index in [-0.39, 0.29) is 12.0 Å². The van der Waals surface area contributed by atoms with Gasteiger partial charge in [-0.25, -0.2) is 4.98 Å². The number of fused-ring (bicyclic) bond motifs is 1. The summed E-state index contributed by atoms with van der Waals surface area (Å²) in [5, 5.41) is 0.831. The number of ether oxygens (including phenoxy) is 2. The Morgan fingerprint density at radius 3 is 3.00 bits per heavy atom. The Morgan fingerprint density at radius 1 is 1.31 bits per heavy atom. The Hall–Kier alpha value is -2.70. The molecule has 0 N–H and O–H groups in total. The van der Waals surface area contributed by atoms with Crippen LogP contribution in [0.2, 0.25) is 0 Å². The Kier molecular flexibility index (Phi) is 6.22. The summed E-state index contributed by atoms with van der Waals surface area (Å²) in [5.74, 6) is 0.750. The summed E-state index contributed by atoms with van der Waals surface area (Å²) >= 11 is 1.58. The lowest BCUT2D eigenvalue weighted by Crippen LogP contribution is -2.35. The molecule has 1 unspecified atom stereocenters. The number of hydrogen-bond donors (Lipinski definition) is 0. The summed E-state index contributed by atoms with van der Waals surface area (Å²) in [6.45, 7) is 1.87. The van der Waals surface area contributed by atoms with Crippen LogP contribution in [0.3, 0.4) is 0 Å². The van der Waals surface area contributed by atoms with E-state index in [9.17, 15) is 4.79 Å². The van der Waals surface area contributed by atoms with Crippen LogP contribution < -0.4 is 4.74 Å². The van der Waals surface area contributed by atoms with Crippen molar-refractivity contribution < 1.29 is 14.3 Å². The zero-order chi connectivity index (χ0) is 20.1. The van der Waals surface area contributed by atoms with Gasteiger partial charge in [0, 0.05) is 25.8 Å². The second-order valence-electron chi connectivity index (χ2n) is 7.06. The fraction of sp³-hybridized carbons (Fsp3) is 0.304. The summed E-state index contributed by atoms with van der Waals surface area (Å²) in [7, 11) is 1.65. The number of hydrogen-bond acceptors (Lipinski definition) is 5. The Morgan fingerprint density at radius 2 is 2.21 bits per heavy atom. The third-order valence-electron chi connectivity index (χ3n) is 4.95. The minimum Gasteiger partial charge on any atom is -0.497 e. The first-order valence-corrected chi connectivity index (χ1v) is 10.6. The number of amides is 1. The van der Waals surface area contributed by atoms with E-state index >= 15 is 0 Å². The first-order chi connectivity index (χ1) is 14.2. The number of methoxy groups -OCH3 is 1. The van der Waals surface area contributed by atoms with Gasteiger partial charge < -0.3 is 14.4 Å². The van der Waals surface area contributed by atoms with E-state index in [2.05, 4.69) is 4.98 Å². The van der Waals surface area contributed by atoms with Gasteiger partial charge in [-0.2, -0.15) is 0 Å². The maximum Gasteiger partial charge on any atom is 0.247 e. The number of carbonyl (C=O) groups excluding carboxylic acids is 1. The van der Waals surface area contributed by atoms with Crippen molar-refractivity contribution in [3.8, 4) is 5.75 Å². The highest BCUT2D eigenvalue weighted by atomic mass is 32.1. The second kappa shape index (κ2) is 9.20. The minimum absolute atomic E-state index is 0.0393. The molecule has 1 aromatic heterocycles. The highest BCUT2D eigenvalue weighted by Crippen LogP contribution is 2.23. The van der Waals surface area contributed by atoms with Gasteiger partial charge in [-0.15, -0.1) is 11.3 Å².